The molecule has 0 rings (SSSR count). The van der Waals surface area contributed by atoms with Crippen LogP contribution < -0.4 is 0 Å². The molecule has 0 saturated heterocycles. The maximum absolute atomic E-state index is 11.1. The molecule has 0 unspecified atom stereocenters. The lowest BCUT2D eigenvalue weighted by molar-refractivity contribution is -0.147. The SMILES string of the molecule is CC(C)(C)C#CC(=O)OC(C)(C)C. The fourth-order valence-electron chi connectivity index (χ4n) is 0.542. The van der Waals surface area contributed by atoms with Gasteiger partial charge in [0, 0.05) is 11.3 Å². The van der Waals surface area contributed by atoms with E-state index in [1.165, 1.54) is 0 Å². The Labute approximate surface area is 80.7 Å². The van der Waals surface area contributed by atoms with Gasteiger partial charge in [0.25, 0.3) is 0 Å². The average molecular weight is 182 g/mol. The summed E-state index contributed by atoms with van der Waals surface area (Å²) in [4.78, 5) is 11.1. The number of rotatable bonds is 0. The van der Waals surface area contributed by atoms with E-state index in [4.69, 9.17) is 4.74 Å². The summed E-state index contributed by atoms with van der Waals surface area (Å²) in [6, 6.07) is 0. The molecule has 0 aromatic carbocycles. The molecular formula is C11H18O2. The molecule has 0 aliphatic carbocycles. The summed E-state index contributed by atoms with van der Waals surface area (Å²) in [5, 5.41) is 0. The number of carbonyl (C=O) groups excluding carboxylic acids is 1. The molecule has 2 nitrogen and oxygen atoms in total. The molecule has 0 heterocycles. The predicted octanol–water partition coefficient (Wildman–Crippen LogP) is 2.38. The van der Waals surface area contributed by atoms with Gasteiger partial charge in [0.05, 0.1) is 0 Å². The standard InChI is InChI=1S/C11H18O2/c1-10(2,3)8-7-9(12)13-11(4,5)6/h1-6H3. The predicted molar refractivity (Wildman–Crippen MR) is 53.1 cm³/mol. The smallest absolute Gasteiger partial charge is 0.384 e. The zero-order chi connectivity index (χ0) is 10.7. The first kappa shape index (κ1) is 12.0. The molecule has 0 spiro atoms. The fraction of sp³-hybridized carbons (Fsp3) is 0.727. The van der Waals surface area contributed by atoms with Crippen molar-refractivity contribution in [1.29, 1.82) is 0 Å². The summed E-state index contributed by atoms with van der Waals surface area (Å²) in [7, 11) is 0. The summed E-state index contributed by atoms with van der Waals surface area (Å²) in [6.07, 6.45) is 0. The van der Waals surface area contributed by atoms with Gasteiger partial charge in [0.1, 0.15) is 5.60 Å². The molecule has 74 valence electrons. The van der Waals surface area contributed by atoms with Crippen molar-refractivity contribution in [3.8, 4) is 11.8 Å². The molecule has 0 radical (unpaired) electrons. The maximum Gasteiger partial charge on any atom is 0.384 e. The summed E-state index contributed by atoms with van der Waals surface area (Å²) in [5.41, 5.74) is -0.611. The molecule has 0 fully saturated rings. The van der Waals surface area contributed by atoms with Crippen molar-refractivity contribution in [2.75, 3.05) is 0 Å². The minimum atomic E-state index is -0.456. The first-order chi connectivity index (χ1) is 5.60. The topological polar surface area (TPSA) is 26.3 Å². The summed E-state index contributed by atoms with van der Waals surface area (Å²) < 4.78 is 5.02. The Hall–Kier alpha value is -0.970. The average Bonchev–Trinajstić information content (AvgIpc) is 1.78. The van der Waals surface area contributed by atoms with E-state index in [1.54, 1.807) is 0 Å². The van der Waals surface area contributed by atoms with Crippen LogP contribution in [0, 0.1) is 17.3 Å². The molecule has 0 atom stereocenters. The van der Waals surface area contributed by atoms with E-state index in [9.17, 15) is 4.79 Å². The number of esters is 1. The summed E-state index contributed by atoms with van der Waals surface area (Å²) >= 11 is 0. The van der Waals surface area contributed by atoms with Crippen molar-refractivity contribution in [3.05, 3.63) is 0 Å². The fourth-order valence-corrected chi connectivity index (χ4v) is 0.542. The highest BCUT2D eigenvalue weighted by Gasteiger charge is 2.14. The highest BCUT2D eigenvalue weighted by atomic mass is 16.6. The van der Waals surface area contributed by atoms with Crippen molar-refractivity contribution in [2.45, 2.75) is 47.1 Å². The highest BCUT2D eigenvalue weighted by molar-refractivity contribution is 5.88. The van der Waals surface area contributed by atoms with Gasteiger partial charge >= 0.3 is 5.97 Å². The molecule has 0 N–H and O–H groups in total. The van der Waals surface area contributed by atoms with Crippen LogP contribution in [0.2, 0.25) is 0 Å². The van der Waals surface area contributed by atoms with Gasteiger partial charge in [-0.1, -0.05) is 5.92 Å². The number of ether oxygens (including phenoxy) is 1. The van der Waals surface area contributed by atoms with Gasteiger partial charge in [-0.3, -0.25) is 0 Å². The Kier molecular flexibility index (Phi) is 3.54. The molecule has 0 bridgehead atoms. The minimum absolute atomic E-state index is 0.156. The lowest BCUT2D eigenvalue weighted by atomic mass is 9.98. The molecule has 0 aliphatic rings. The lowest BCUT2D eigenvalue weighted by Crippen LogP contribution is -2.23. The third-order valence-electron chi connectivity index (χ3n) is 0.938. The van der Waals surface area contributed by atoms with Crippen LogP contribution in [0.25, 0.3) is 0 Å². The van der Waals surface area contributed by atoms with Crippen molar-refractivity contribution < 1.29 is 9.53 Å². The normalized spacial score (nSPS) is 11.5. The maximum atomic E-state index is 11.1. The first-order valence-electron chi connectivity index (χ1n) is 4.36. The van der Waals surface area contributed by atoms with Gasteiger partial charge in [0.2, 0.25) is 0 Å². The van der Waals surface area contributed by atoms with E-state index in [2.05, 4.69) is 11.8 Å². The highest BCUT2D eigenvalue weighted by Crippen LogP contribution is 2.10. The molecule has 0 aliphatic heterocycles. The van der Waals surface area contributed by atoms with E-state index in [0.29, 0.717) is 0 Å². The van der Waals surface area contributed by atoms with Crippen molar-refractivity contribution in [1.82, 2.24) is 0 Å². The monoisotopic (exact) mass is 182 g/mol. The third-order valence-corrected chi connectivity index (χ3v) is 0.938. The zero-order valence-electron chi connectivity index (χ0n) is 9.32. The molecular weight excluding hydrogens is 164 g/mol. The van der Waals surface area contributed by atoms with Crippen LogP contribution >= 0.6 is 0 Å². The molecule has 13 heavy (non-hydrogen) atoms. The molecule has 2 heteroatoms. The Morgan fingerprint density at radius 1 is 1.08 bits per heavy atom. The Morgan fingerprint density at radius 2 is 1.54 bits per heavy atom. The van der Waals surface area contributed by atoms with Gasteiger partial charge in [-0.15, -0.1) is 0 Å². The number of hydrogen-bond donors (Lipinski definition) is 0. The zero-order valence-corrected chi connectivity index (χ0v) is 9.32. The van der Waals surface area contributed by atoms with E-state index in [0.717, 1.165) is 0 Å². The van der Waals surface area contributed by atoms with Crippen LogP contribution in [0.15, 0.2) is 0 Å². The van der Waals surface area contributed by atoms with Crippen molar-refractivity contribution >= 4 is 5.97 Å². The van der Waals surface area contributed by atoms with Gasteiger partial charge in [-0.05, 0) is 41.5 Å². The summed E-state index contributed by atoms with van der Waals surface area (Å²) in [6.45, 7) is 11.3. The minimum Gasteiger partial charge on any atom is -0.450 e. The van der Waals surface area contributed by atoms with E-state index < -0.39 is 11.6 Å². The van der Waals surface area contributed by atoms with Gasteiger partial charge in [-0.2, -0.15) is 0 Å². The van der Waals surface area contributed by atoms with Crippen molar-refractivity contribution in [3.63, 3.8) is 0 Å². The lowest BCUT2D eigenvalue weighted by Gasteiger charge is -2.17. The second kappa shape index (κ2) is 3.83. The second-order valence-corrected chi connectivity index (χ2v) is 5.00. The van der Waals surface area contributed by atoms with Crippen LogP contribution in [0.1, 0.15) is 41.5 Å². The Bertz CT molecular complexity index is 240. The van der Waals surface area contributed by atoms with Gasteiger partial charge in [0.15, 0.2) is 0 Å². The first-order valence-corrected chi connectivity index (χ1v) is 4.36. The van der Waals surface area contributed by atoms with Crippen LogP contribution in [-0.2, 0) is 9.53 Å². The van der Waals surface area contributed by atoms with Gasteiger partial charge < -0.3 is 4.74 Å². The second-order valence-electron chi connectivity index (χ2n) is 5.00. The van der Waals surface area contributed by atoms with Crippen LogP contribution in [0.4, 0.5) is 0 Å². The summed E-state index contributed by atoms with van der Waals surface area (Å²) in [5.74, 6) is 4.83. The molecule has 0 aromatic rings. The van der Waals surface area contributed by atoms with E-state index in [1.807, 2.05) is 41.5 Å². The van der Waals surface area contributed by atoms with Crippen LogP contribution in [-0.4, -0.2) is 11.6 Å². The van der Waals surface area contributed by atoms with Crippen LogP contribution in [0.3, 0.4) is 0 Å². The Morgan fingerprint density at radius 3 is 1.85 bits per heavy atom. The largest absolute Gasteiger partial charge is 0.450 e. The third kappa shape index (κ3) is 8.94. The van der Waals surface area contributed by atoms with Crippen LogP contribution in [0.5, 0.6) is 0 Å². The number of carbonyl (C=O) groups is 1. The van der Waals surface area contributed by atoms with E-state index >= 15 is 0 Å². The van der Waals surface area contributed by atoms with Gasteiger partial charge in [-0.25, -0.2) is 4.79 Å². The molecule has 0 amide bonds. The van der Waals surface area contributed by atoms with Crippen molar-refractivity contribution in [2.24, 2.45) is 5.41 Å². The molecule has 0 aromatic heterocycles. The quantitative estimate of drug-likeness (QED) is 0.326. The van der Waals surface area contributed by atoms with E-state index in [-0.39, 0.29) is 5.41 Å². The number of hydrogen-bond acceptors (Lipinski definition) is 2. The molecule has 0 saturated carbocycles. The Balaban J connectivity index is 4.23.